The van der Waals surface area contributed by atoms with Gasteiger partial charge < -0.3 is 15.2 Å². The summed E-state index contributed by atoms with van der Waals surface area (Å²) in [5.74, 6) is -1.39. The monoisotopic (exact) mass is 282 g/mol. The van der Waals surface area contributed by atoms with Crippen LogP contribution in [0.2, 0.25) is 0 Å². The number of nitrogens with one attached hydrogen (secondary N) is 1. The van der Waals surface area contributed by atoms with Gasteiger partial charge >= 0.3 is 5.97 Å². The second-order valence-electron chi connectivity index (χ2n) is 3.90. The lowest BCUT2D eigenvalue weighted by Gasteiger charge is -2.05. The number of amides is 1. The van der Waals surface area contributed by atoms with Crippen LogP contribution in [0.25, 0.3) is 0 Å². The Morgan fingerprint density at radius 2 is 2.15 bits per heavy atom. The van der Waals surface area contributed by atoms with Crippen molar-refractivity contribution >= 4 is 17.6 Å². The average Bonchev–Trinajstić information content (AvgIpc) is 2.38. The molecule has 2 N–H and O–H groups in total. The highest BCUT2D eigenvalue weighted by molar-refractivity contribution is 5.78. The highest BCUT2D eigenvalue weighted by Gasteiger charge is 2.08. The molecule has 0 saturated carbocycles. The van der Waals surface area contributed by atoms with E-state index in [9.17, 15) is 19.7 Å². The zero-order valence-electron chi connectivity index (χ0n) is 10.6. The Balaban J connectivity index is 2.33. The maximum Gasteiger partial charge on any atom is 0.329 e. The first-order valence-electron chi connectivity index (χ1n) is 5.78. The summed E-state index contributed by atoms with van der Waals surface area (Å²) in [4.78, 5) is 31.7. The summed E-state index contributed by atoms with van der Waals surface area (Å²) in [6.45, 7) is -0.144. The number of aliphatic carboxylic acids is 1. The van der Waals surface area contributed by atoms with Crippen molar-refractivity contribution in [3.63, 3.8) is 0 Å². The average molecular weight is 282 g/mol. The smallest absolute Gasteiger partial charge is 0.329 e. The molecule has 0 unspecified atom stereocenters. The van der Waals surface area contributed by atoms with E-state index in [4.69, 9.17) is 9.84 Å². The summed E-state index contributed by atoms with van der Waals surface area (Å²) in [5, 5.41) is 21.4. The molecule has 0 aliphatic carbocycles. The van der Waals surface area contributed by atoms with Crippen LogP contribution in [0.3, 0.4) is 0 Å². The fraction of sp³-hybridized carbons (Fsp3) is 0.333. The molecule has 1 aromatic carbocycles. The number of nitrogens with zero attached hydrogens (tertiary/aromatic N) is 1. The minimum atomic E-state index is -1.08. The summed E-state index contributed by atoms with van der Waals surface area (Å²) in [5.41, 5.74) is 0.461. The molecule has 1 amide bonds. The number of carbonyl (C=O) groups excluding carboxylic acids is 1. The van der Waals surface area contributed by atoms with E-state index in [0.29, 0.717) is 5.56 Å². The molecule has 0 aliphatic heterocycles. The van der Waals surface area contributed by atoms with Crippen LogP contribution in [0.15, 0.2) is 24.3 Å². The summed E-state index contributed by atoms with van der Waals surface area (Å²) >= 11 is 0. The summed E-state index contributed by atoms with van der Waals surface area (Å²) in [7, 11) is 0. The van der Waals surface area contributed by atoms with Crippen LogP contribution in [0.1, 0.15) is 5.56 Å². The van der Waals surface area contributed by atoms with Crippen LogP contribution in [0.5, 0.6) is 0 Å². The highest BCUT2D eigenvalue weighted by Crippen LogP contribution is 2.13. The molecule has 0 aromatic heterocycles. The fourth-order valence-electron chi connectivity index (χ4n) is 1.45. The summed E-state index contributed by atoms with van der Waals surface area (Å²) in [6.07, 6.45) is 0.0145. The predicted octanol–water partition coefficient (Wildman–Crippen LogP) is 0.355. The molecule has 1 rings (SSSR count). The first-order chi connectivity index (χ1) is 9.49. The van der Waals surface area contributed by atoms with Gasteiger partial charge in [0.05, 0.1) is 18.0 Å². The number of nitro groups is 1. The number of hydrogen-bond acceptors (Lipinski definition) is 5. The Kier molecular flexibility index (Phi) is 6.11. The van der Waals surface area contributed by atoms with E-state index in [1.165, 1.54) is 18.2 Å². The zero-order valence-corrected chi connectivity index (χ0v) is 10.6. The minimum Gasteiger partial charge on any atom is -0.480 e. The number of ether oxygens (including phenoxy) is 1. The third kappa shape index (κ3) is 5.91. The van der Waals surface area contributed by atoms with Crippen LogP contribution in [0, 0.1) is 10.1 Å². The van der Waals surface area contributed by atoms with Crippen molar-refractivity contribution in [2.45, 2.75) is 6.42 Å². The third-order valence-corrected chi connectivity index (χ3v) is 2.28. The number of non-ortho nitro benzene ring substituents is 1. The standard InChI is InChI=1S/C12H14N2O6/c15-11(13-4-5-20-8-12(16)17)7-9-2-1-3-10(6-9)14(18)19/h1-3,6H,4-5,7-8H2,(H,13,15)(H,16,17). The predicted molar refractivity (Wildman–Crippen MR) is 68.3 cm³/mol. The molecule has 0 aliphatic rings. The first-order valence-corrected chi connectivity index (χ1v) is 5.78. The van der Waals surface area contributed by atoms with E-state index >= 15 is 0 Å². The highest BCUT2D eigenvalue weighted by atomic mass is 16.6. The van der Waals surface area contributed by atoms with Crippen LogP contribution < -0.4 is 5.32 Å². The van der Waals surface area contributed by atoms with Crippen LogP contribution in [-0.2, 0) is 20.7 Å². The number of carboxylic acid groups (broad SMARTS) is 1. The lowest BCUT2D eigenvalue weighted by atomic mass is 10.1. The second kappa shape index (κ2) is 7.85. The fourth-order valence-corrected chi connectivity index (χ4v) is 1.45. The van der Waals surface area contributed by atoms with E-state index in [2.05, 4.69) is 5.32 Å². The third-order valence-electron chi connectivity index (χ3n) is 2.28. The largest absolute Gasteiger partial charge is 0.480 e. The van der Waals surface area contributed by atoms with Crippen molar-refractivity contribution < 1.29 is 24.4 Å². The molecule has 20 heavy (non-hydrogen) atoms. The van der Waals surface area contributed by atoms with Crippen LogP contribution in [0.4, 0.5) is 5.69 Å². The van der Waals surface area contributed by atoms with Crippen molar-refractivity contribution in [2.24, 2.45) is 0 Å². The molecule has 1 aromatic rings. The van der Waals surface area contributed by atoms with Gasteiger partial charge in [-0.3, -0.25) is 14.9 Å². The maximum absolute atomic E-state index is 11.5. The van der Waals surface area contributed by atoms with Crippen molar-refractivity contribution in [2.75, 3.05) is 19.8 Å². The summed E-state index contributed by atoms with van der Waals surface area (Å²) < 4.78 is 4.74. The van der Waals surface area contributed by atoms with E-state index in [-0.39, 0.29) is 31.2 Å². The molecule has 0 spiro atoms. The van der Waals surface area contributed by atoms with Gasteiger partial charge in [-0.15, -0.1) is 0 Å². The summed E-state index contributed by atoms with van der Waals surface area (Å²) in [6, 6.07) is 5.81. The van der Waals surface area contributed by atoms with Crippen LogP contribution in [-0.4, -0.2) is 41.7 Å². The normalized spacial score (nSPS) is 10.0. The zero-order chi connectivity index (χ0) is 15.0. The molecular formula is C12H14N2O6. The van der Waals surface area contributed by atoms with Gasteiger partial charge in [0.2, 0.25) is 5.91 Å². The van der Waals surface area contributed by atoms with Gasteiger partial charge in [0.25, 0.3) is 5.69 Å². The number of benzene rings is 1. The number of nitro benzene ring substituents is 1. The number of carbonyl (C=O) groups is 2. The minimum absolute atomic E-state index is 0.0145. The lowest BCUT2D eigenvalue weighted by molar-refractivity contribution is -0.384. The number of carboxylic acids is 1. The van der Waals surface area contributed by atoms with Crippen molar-refractivity contribution in [3.05, 3.63) is 39.9 Å². The molecular weight excluding hydrogens is 268 g/mol. The van der Waals surface area contributed by atoms with Gasteiger partial charge in [-0.25, -0.2) is 4.79 Å². The van der Waals surface area contributed by atoms with Crippen molar-refractivity contribution in [1.82, 2.24) is 5.32 Å². The van der Waals surface area contributed by atoms with Gasteiger partial charge in [-0.2, -0.15) is 0 Å². The maximum atomic E-state index is 11.5. The van der Waals surface area contributed by atoms with Gasteiger partial charge in [-0.05, 0) is 5.56 Å². The van der Waals surface area contributed by atoms with Crippen molar-refractivity contribution in [3.8, 4) is 0 Å². The van der Waals surface area contributed by atoms with E-state index in [0.717, 1.165) is 0 Å². The van der Waals surface area contributed by atoms with Gasteiger partial charge in [-0.1, -0.05) is 12.1 Å². The van der Waals surface area contributed by atoms with Gasteiger partial charge in [0, 0.05) is 18.7 Å². The quantitative estimate of drug-likeness (QED) is 0.403. The van der Waals surface area contributed by atoms with Crippen LogP contribution >= 0.6 is 0 Å². The topological polar surface area (TPSA) is 119 Å². The Hall–Kier alpha value is -2.48. The lowest BCUT2D eigenvalue weighted by Crippen LogP contribution is -2.29. The first kappa shape index (κ1) is 15.6. The second-order valence-corrected chi connectivity index (χ2v) is 3.90. The van der Waals surface area contributed by atoms with E-state index in [1.54, 1.807) is 6.07 Å². The van der Waals surface area contributed by atoms with Crippen molar-refractivity contribution in [1.29, 1.82) is 0 Å². The number of rotatable bonds is 8. The molecule has 0 atom stereocenters. The molecule has 0 fully saturated rings. The van der Waals surface area contributed by atoms with E-state index in [1.807, 2.05) is 0 Å². The van der Waals surface area contributed by atoms with Gasteiger partial charge in [0.15, 0.2) is 0 Å². The SMILES string of the molecule is O=C(O)COCCNC(=O)Cc1cccc([N+](=O)[O-])c1. The Labute approximate surface area is 114 Å². The Morgan fingerprint density at radius 1 is 1.40 bits per heavy atom. The molecule has 0 heterocycles. The Bertz CT molecular complexity index is 502. The molecule has 0 radical (unpaired) electrons. The molecule has 8 heteroatoms. The molecule has 8 nitrogen and oxygen atoms in total. The molecule has 0 saturated heterocycles. The van der Waals surface area contributed by atoms with Gasteiger partial charge in [0.1, 0.15) is 6.61 Å². The van der Waals surface area contributed by atoms with E-state index < -0.39 is 17.5 Å². The Morgan fingerprint density at radius 3 is 2.80 bits per heavy atom. The molecule has 108 valence electrons. The molecule has 0 bridgehead atoms. The number of hydrogen-bond donors (Lipinski definition) is 2.